The highest BCUT2D eigenvalue weighted by Crippen LogP contribution is 2.44. The third-order valence-electron chi connectivity index (χ3n) is 5.21. The normalized spacial score (nSPS) is 28.0. The van der Waals surface area contributed by atoms with Gasteiger partial charge in [0.1, 0.15) is 5.69 Å². The second-order valence-corrected chi connectivity index (χ2v) is 6.50. The number of hydrogen-bond donors (Lipinski definition) is 0. The van der Waals surface area contributed by atoms with Gasteiger partial charge in [-0.3, -0.25) is 0 Å². The van der Waals surface area contributed by atoms with Gasteiger partial charge >= 0.3 is 6.18 Å². The zero-order valence-corrected chi connectivity index (χ0v) is 12.2. The van der Waals surface area contributed by atoms with Crippen LogP contribution in [0.25, 0.3) is 0 Å². The molecule has 2 atom stereocenters. The number of piperidine rings is 1. The summed E-state index contributed by atoms with van der Waals surface area (Å²) in [5.74, 6) is 0.250. The number of halogens is 3. The first kappa shape index (κ1) is 14.0. The molecule has 1 aliphatic carbocycles. The Bertz CT molecular complexity index is 601. The van der Waals surface area contributed by atoms with Crippen molar-refractivity contribution in [2.24, 2.45) is 0 Å². The Kier molecular flexibility index (Phi) is 3.16. The minimum Gasteiger partial charge on any atom is -0.334 e. The number of aromatic nitrogens is 2. The van der Waals surface area contributed by atoms with E-state index in [9.17, 15) is 13.2 Å². The van der Waals surface area contributed by atoms with Crippen molar-refractivity contribution in [1.29, 1.82) is 0 Å². The molecule has 3 heterocycles. The molecule has 6 heteroatoms. The Morgan fingerprint density at radius 2 is 1.73 bits per heavy atom. The van der Waals surface area contributed by atoms with Gasteiger partial charge in [0.2, 0.25) is 5.95 Å². The quantitative estimate of drug-likeness (QED) is 0.731. The fraction of sp³-hybridized carbons (Fsp3) is 0.625. The molecule has 3 nitrogen and oxygen atoms in total. The topological polar surface area (TPSA) is 29.0 Å². The Morgan fingerprint density at radius 1 is 1.05 bits per heavy atom. The summed E-state index contributed by atoms with van der Waals surface area (Å²) in [5, 5.41) is 0. The monoisotopic (exact) mass is 309 g/mol. The van der Waals surface area contributed by atoms with Gasteiger partial charge in [0.15, 0.2) is 0 Å². The third-order valence-corrected chi connectivity index (χ3v) is 5.21. The molecule has 3 fully saturated rings. The lowest BCUT2D eigenvalue weighted by molar-refractivity contribution is -0.141. The minimum atomic E-state index is -4.41. The first-order chi connectivity index (χ1) is 10.5. The van der Waals surface area contributed by atoms with Crippen molar-refractivity contribution in [3.8, 4) is 0 Å². The van der Waals surface area contributed by atoms with Gasteiger partial charge in [0.25, 0.3) is 0 Å². The molecule has 0 amide bonds. The lowest BCUT2D eigenvalue weighted by atomic mass is 9.82. The summed E-state index contributed by atoms with van der Waals surface area (Å²) in [6, 6.07) is 1.48. The van der Waals surface area contributed by atoms with E-state index in [2.05, 4.69) is 9.97 Å². The summed E-state index contributed by atoms with van der Waals surface area (Å²) in [6.07, 6.45) is 4.55. The second kappa shape index (κ2) is 4.96. The number of anilines is 1. The standard InChI is InChI=1S/C16H18F3N3/c17-16(18,19)14-6-7-20-15(21-14)22-12-4-5-13(22)9-11(8-12)10-2-1-3-10/h6-7,12-13H,1-5,8-9H2. The van der Waals surface area contributed by atoms with E-state index in [1.807, 2.05) is 4.90 Å². The molecule has 4 rings (SSSR count). The van der Waals surface area contributed by atoms with Crippen LogP contribution in [0.3, 0.4) is 0 Å². The van der Waals surface area contributed by atoms with Gasteiger partial charge in [-0.1, -0.05) is 11.1 Å². The lowest BCUT2D eigenvalue weighted by Crippen LogP contribution is -2.42. The van der Waals surface area contributed by atoms with Gasteiger partial charge in [-0.05, 0) is 51.0 Å². The number of allylic oxidation sites excluding steroid dienone is 1. The lowest BCUT2D eigenvalue weighted by Gasteiger charge is -2.38. The maximum atomic E-state index is 12.9. The van der Waals surface area contributed by atoms with Crippen LogP contribution in [0.4, 0.5) is 19.1 Å². The number of rotatable bonds is 1. The molecule has 1 saturated carbocycles. The number of nitrogens with zero attached hydrogens (tertiary/aromatic N) is 3. The van der Waals surface area contributed by atoms with E-state index in [1.165, 1.54) is 25.5 Å². The maximum Gasteiger partial charge on any atom is 0.433 e. The molecule has 3 aliphatic rings. The van der Waals surface area contributed by atoms with Crippen LogP contribution in [0, 0.1) is 0 Å². The Labute approximate surface area is 127 Å². The van der Waals surface area contributed by atoms with Crippen LogP contribution >= 0.6 is 0 Å². The fourth-order valence-corrected chi connectivity index (χ4v) is 3.97. The van der Waals surface area contributed by atoms with Crippen LogP contribution in [-0.2, 0) is 6.18 Å². The van der Waals surface area contributed by atoms with Gasteiger partial charge in [-0.25, -0.2) is 9.97 Å². The Balaban J connectivity index is 1.62. The first-order valence-electron chi connectivity index (χ1n) is 7.91. The van der Waals surface area contributed by atoms with E-state index < -0.39 is 11.9 Å². The van der Waals surface area contributed by atoms with Crippen LogP contribution in [0.15, 0.2) is 23.4 Å². The zero-order chi connectivity index (χ0) is 15.3. The van der Waals surface area contributed by atoms with Crippen molar-refractivity contribution in [2.75, 3.05) is 4.90 Å². The van der Waals surface area contributed by atoms with Crippen molar-refractivity contribution in [3.05, 3.63) is 29.1 Å². The SMILES string of the molecule is FC(F)(F)c1ccnc(N2C3CCC2CC(=C2CCC2)C3)n1. The van der Waals surface area contributed by atoms with Crippen LogP contribution in [0.1, 0.15) is 50.6 Å². The molecule has 0 N–H and O–H groups in total. The predicted octanol–water partition coefficient (Wildman–Crippen LogP) is 4.11. The molecule has 22 heavy (non-hydrogen) atoms. The van der Waals surface area contributed by atoms with E-state index >= 15 is 0 Å². The fourth-order valence-electron chi connectivity index (χ4n) is 3.97. The van der Waals surface area contributed by atoms with Crippen molar-refractivity contribution in [1.82, 2.24) is 9.97 Å². The molecule has 2 aliphatic heterocycles. The van der Waals surface area contributed by atoms with Crippen LogP contribution in [-0.4, -0.2) is 22.1 Å². The summed E-state index contributed by atoms with van der Waals surface area (Å²) < 4.78 is 38.6. The van der Waals surface area contributed by atoms with Crippen molar-refractivity contribution >= 4 is 5.95 Å². The van der Waals surface area contributed by atoms with Crippen LogP contribution < -0.4 is 4.90 Å². The molecule has 0 aromatic carbocycles. The highest BCUT2D eigenvalue weighted by molar-refractivity contribution is 5.42. The van der Waals surface area contributed by atoms with Gasteiger partial charge < -0.3 is 4.90 Å². The van der Waals surface area contributed by atoms with Crippen LogP contribution in [0.5, 0.6) is 0 Å². The molecular formula is C16H18F3N3. The summed E-state index contributed by atoms with van der Waals surface area (Å²) in [7, 11) is 0. The van der Waals surface area contributed by atoms with Crippen molar-refractivity contribution in [2.45, 2.75) is 63.2 Å². The summed E-state index contributed by atoms with van der Waals surface area (Å²) in [6.45, 7) is 0. The van der Waals surface area contributed by atoms with Gasteiger partial charge in [0, 0.05) is 18.3 Å². The number of fused-ring (bicyclic) bond motifs is 2. The molecule has 2 saturated heterocycles. The average molecular weight is 309 g/mol. The Morgan fingerprint density at radius 3 is 2.27 bits per heavy atom. The van der Waals surface area contributed by atoms with Gasteiger partial charge in [-0.2, -0.15) is 13.2 Å². The van der Waals surface area contributed by atoms with Crippen molar-refractivity contribution in [3.63, 3.8) is 0 Å². The number of alkyl halides is 3. The molecular weight excluding hydrogens is 291 g/mol. The smallest absolute Gasteiger partial charge is 0.334 e. The third kappa shape index (κ3) is 2.29. The number of hydrogen-bond acceptors (Lipinski definition) is 3. The molecule has 1 aromatic rings. The van der Waals surface area contributed by atoms with Crippen molar-refractivity contribution < 1.29 is 13.2 Å². The Hall–Kier alpha value is -1.59. The predicted molar refractivity (Wildman–Crippen MR) is 76.4 cm³/mol. The zero-order valence-electron chi connectivity index (χ0n) is 12.2. The largest absolute Gasteiger partial charge is 0.433 e. The summed E-state index contributed by atoms with van der Waals surface area (Å²) >= 11 is 0. The molecule has 2 unspecified atom stereocenters. The highest BCUT2D eigenvalue weighted by atomic mass is 19.4. The minimum absolute atomic E-state index is 0.250. The first-order valence-corrected chi connectivity index (χ1v) is 7.91. The van der Waals surface area contributed by atoms with Gasteiger partial charge in [-0.15, -0.1) is 0 Å². The second-order valence-electron chi connectivity index (χ2n) is 6.50. The van der Waals surface area contributed by atoms with E-state index in [0.717, 1.165) is 31.7 Å². The highest BCUT2D eigenvalue weighted by Gasteiger charge is 2.42. The van der Waals surface area contributed by atoms with Gasteiger partial charge in [0.05, 0.1) is 0 Å². The summed E-state index contributed by atoms with van der Waals surface area (Å²) in [5.41, 5.74) is 2.31. The maximum absolute atomic E-state index is 12.9. The molecule has 2 bridgehead atoms. The average Bonchev–Trinajstić information content (AvgIpc) is 2.67. The molecule has 0 radical (unpaired) electrons. The van der Waals surface area contributed by atoms with E-state index in [0.29, 0.717) is 0 Å². The van der Waals surface area contributed by atoms with E-state index in [4.69, 9.17) is 0 Å². The van der Waals surface area contributed by atoms with E-state index in [1.54, 1.807) is 11.1 Å². The molecule has 1 aromatic heterocycles. The van der Waals surface area contributed by atoms with Crippen LogP contribution in [0.2, 0.25) is 0 Å². The summed E-state index contributed by atoms with van der Waals surface area (Å²) in [4.78, 5) is 9.95. The molecule has 118 valence electrons. The molecule has 0 spiro atoms. The van der Waals surface area contributed by atoms with E-state index in [-0.39, 0.29) is 18.0 Å².